The summed E-state index contributed by atoms with van der Waals surface area (Å²) >= 11 is 1.02. The molecule has 0 radical (unpaired) electrons. The van der Waals surface area contributed by atoms with Crippen molar-refractivity contribution in [2.75, 3.05) is 0 Å². The molecule has 2 amide bonds. The maximum atomic E-state index is 12.3. The summed E-state index contributed by atoms with van der Waals surface area (Å²) in [7, 11) is 0. The molecule has 0 saturated carbocycles. The van der Waals surface area contributed by atoms with Crippen molar-refractivity contribution in [3.8, 4) is 0 Å². The highest BCUT2D eigenvalue weighted by molar-refractivity contribution is 8.18. The Kier molecular flexibility index (Phi) is 5.02. The molecule has 1 aromatic rings. The number of imide groups is 1. The van der Waals surface area contributed by atoms with E-state index in [1.807, 2.05) is 57.2 Å². The second-order valence-corrected chi connectivity index (χ2v) is 6.10. The fourth-order valence-corrected chi connectivity index (χ4v) is 3.08. The van der Waals surface area contributed by atoms with E-state index in [1.54, 1.807) is 6.08 Å². The first-order chi connectivity index (χ1) is 10.0. The molecule has 4 heteroatoms. The van der Waals surface area contributed by atoms with Crippen LogP contribution in [0.2, 0.25) is 0 Å². The number of benzene rings is 1. The number of thioether (sulfide) groups is 1. The topological polar surface area (TPSA) is 37.4 Å². The van der Waals surface area contributed by atoms with E-state index < -0.39 is 0 Å². The van der Waals surface area contributed by atoms with Gasteiger partial charge in [-0.2, -0.15) is 0 Å². The molecule has 1 unspecified atom stereocenters. The lowest BCUT2D eigenvalue weighted by Gasteiger charge is -2.19. The summed E-state index contributed by atoms with van der Waals surface area (Å²) in [4.78, 5) is 26.1. The number of hydrogen-bond acceptors (Lipinski definition) is 3. The molecule has 0 N–H and O–H groups in total. The van der Waals surface area contributed by atoms with Crippen molar-refractivity contribution in [3.63, 3.8) is 0 Å². The zero-order chi connectivity index (χ0) is 15.4. The molecule has 2 rings (SSSR count). The molecular formula is C17H19NO2S. The normalized spacial score (nSPS) is 19.5. The van der Waals surface area contributed by atoms with Gasteiger partial charge in [0, 0.05) is 6.04 Å². The second-order valence-electron chi connectivity index (χ2n) is 5.11. The Balaban J connectivity index is 2.21. The van der Waals surface area contributed by atoms with Gasteiger partial charge in [-0.3, -0.25) is 14.5 Å². The Labute approximate surface area is 129 Å². The third-order valence-electron chi connectivity index (χ3n) is 3.41. The summed E-state index contributed by atoms with van der Waals surface area (Å²) in [5.41, 5.74) is 2.03. The zero-order valence-electron chi connectivity index (χ0n) is 12.5. The first-order valence-corrected chi connectivity index (χ1v) is 7.85. The first-order valence-electron chi connectivity index (χ1n) is 7.03. The van der Waals surface area contributed by atoms with Gasteiger partial charge >= 0.3 is 0 Å². The van der Waals surface area contributed by atoms with Gasteiger partial charge in [0.1, 0.15) is 0 Å². The summed E-state index contributed by atoms with van der Waals surface area (Å²) < 4.78 is 0. The minimum absolute atomic E-state index is 0.0539. The van der Waals surface area contributed by atoms with E-state index in [0.717, 1.165) is 29.3 Å². The van der Waals surface area contributed by atoms with Crippen LogP contribution in [-0.2, 0) is 4.79 Å². The fraction of sp³-hybridized carbons (Fsp3) is 0.294. The number of rotatable bonds is 4. The number of carbonyl (C=O) groups is 2. The molecule has 0 aliphatic carbocycles. The number of amides is 2. The predicted molar refractivity (Wildman–Crippen MR) is 87.8 cm³/mol. The average molecular weight is 301 g/mol. The maximum Gasteiger partial charge on any atom is 0.293 e. The van der Waals surface area contributed by atoms with Gasteiger partial charge in [-0.05, 0) is 49.2 Å². The van der Waals surface area contributed by atoms with E-state index >= 15 is 0 Å². The van der Waals surface area contributed by atoms with Crippen LogP contribution in [0.5, 0.6) is 0 Å². The summed E-state index contributed by atoms with van der Waals surface area (Å²) in [6.07, 6.45) is 4.56. The summed E-state index contributed by atoms with van der Waals surface area (Å²) in [5.74, 6) is -0.180. The minimum atomic E-state index is -0.180. The largest absolute Gasteiger partial charge is 0.293 e. The number of nitrogens with zero attached hydrogens (tertiary/aromatic N) is 1. The van der Waals surface area contributed by atoms with Crippen molar-refractivity contribution in [1.29, 1.82) is 0 Å². The molecule has 0 bridgehead atoms. The Bertz CT molecular complexity index is 604. The van der Waals surface area contributed by atoms with Gasteiger partial charge in [0.25, 0.3) is 11.1 Å². The third-order valence-corrected chi connectivity index (χ3v) is 4.29. The highest BCUT2D eigenvalue weighted by atomic mass is 32.2. The lowest BCUT2D eigenvalue weighted by Crippen LogP contribution is -2.36. The smallest absolute Gasteiger partial charge is 0.268 e. The van der Waals surface area contributed by atoms with Crippen LogP contribution in [0.3, 0.4) is 0 Å². The quantitative estimate of drug-likeness (QED) is 0.770. The monoisotopic (exact) mass is 301 g/mol. The number of allylic oxidation sites excluding steroid dienone is 2. The van der Waals surface area contributed by atoms with Crippen molar-refractivity contribution >= 4 is 29.0 Å². The molecular weight excluding hydrogens is 282 g/mol. The van der Waals surface area contributed by atoms with Crippen LogP contribution in [0.25, 0.3) is 6.08 Å². The Morgan fingerprint density at radius 2 is 1.95 bits per heavy atom. The lowest BCUT2D eigenvalue weighted by molar-refractivity contribution is -0.124. The van der Waals surface area contributed by atoms with Gasteiger partial charge in [0.05, 0.1) is 4.91 Å². The molecule has 1 saturated heterocycles. The van der Waals surface area contributed by atoms with E-state index in [9.17, 15) is 9.59 Å². The zero-order valence-corrected chi connectivity index (χ0v) is 13.3. The number of hydrogen-bond donors (Lipinski definition) is 0. The molecule has 21 heavy (non-hydrogen) atoms. The van der Waals surface area contributed by atoms with Gasteiger partial charge in [-0.1, -0.05) is 43.3 Å². The first kappa shape index (κ1) is 15.6. The second kappa shape index (κ2) is 6.76. The van der Waals surface area contributed by atoms with Crippen molar-refractivity contribution in [1.82, 2.24) is 4.90 Å². The average Bonchev–Trinajstić information content (AvgIpc) is 2.73. The van der Waals surface area contributed by atoms with Gasteiger partial charge < -0.3 is 0 Å². The van der Waals surface area contributed by atoms with Gasteiger partial charge in [0.2, 0.25) is 0 Å². The molecule has 1 aliphatic rings. The Hall–Kier alpha value is -1.81. The van der Waals surface area contributed by atoms with Crippen molar-refractivity contribution in [2.24, 2.45) is 0 Å². The van der Waals surface area contributed by atoms with Crippen LogP contribution >= 0.6 is 11.8 Å². The maximum absolute atomic E-state index is 12.3. The highest BCUT2D eigenvalue weighted by Gasteiger charge is 2.37. The van der Waals surface area contributed by atoms with Gasteiger partial charge in [0.15, 0.2) is 0 Å². The van der Waals surface area contributed by atoms with Crippen molar-refractivity contribution < 1.29 is 9.59 Å². The summed E-state index contributed by atoms with van der Waals surface area (Å²) in [6.45, 7) is 5.80. The van der Waals surface area contributed by atoms with E-state index in [2.05, 4.69) is 0 Å². The SMILES string of the molecule is CCC(C)N1C(=O)S/C(=C/C(C)=C/c2ccccc2)C1=O. The lowest BCUT2D eigenvalue weighted by atomic mass is 10.1. The van der Waals surface area contributed by atoms with Crippen LogP contribution in [0.1, 0.15) is 32.8 Å². The van der Waals surface area contributed by atoms with Crippen LogP contribution in [0.4, 0.5) is 4.79 Å². The van der Waals surface area contributed by atoms with Crippen molar-refractivity contribution in [2.45, 2.75) is 33.2 Å². The molecule has 110 valence electrons. The third kappa shape index (κ3) is 3.64. The Morgan fingerprint density at radius 3 is 2.57 bits per heavy atom. The van der Waals surface area contributed by atoms with Crippen LogP contribution in [0, 0.1) is 0 Å². The molecule has 1 aliphatic heterocycles. The van der Waals surface area contributed by atoms with Crippen LogP contribution < -0.4 is 0 Å². The highest BCUT2D eigenvalue weighted by Crippen LogP contribution is 2.33. The van der Waals surface area contributed by atoms with E-state index in [0.29, 0.717) is 4.91 Å². The summed E-state index contributed by atoms with van der Waals surface area (Å²) in [5, 5.41) is -0.173. The fourth-order valence-electron chi connectivity index (χ4n) is 2.10. The molecule has 3 nitrogen and oxygen atoms in total. The van der Waals surface area contributed by atoms with Crippen LogP contribution in [-0.4, -0.2) is 22.1 Å². The standard InChI is InChI=1S/C17H19NO2S/c1-4-13(3)18-16(19)15(21-17(18)20)11-12(2)10-14-8-6-5-7-9-14/h5-11,13H,4H2,1-3H3/b12-10+,15-11+. The van der Waals surface area contributed by atoms with Gasteiger partial charge in [-0.15, -0.1) is 0 Å². The Morgan fingerprint density at radius 1 is 1.29 bits per heavy atom. The molecule has 1 heterocycles. The van der Waals surface area contributed by atoms with Crippen molar-refractivity contribution in [3.05, 3.63) is 52.4 Å². The summed E-state index contributed by atoms with van der Waals surface area (Å²) in [6, 6.07) is 9.85. The predicted octanol–water partition coefficient (Wildman–Crippen LogP) is 4.47. The van der Waals surface area contributed by atoms with Crippen LogP contribution in [0.15, 0.2) is 46.9 Å². The van der Waals surface area contributed by atoms with E-state index in [-0.39, 0.29) is 17.2 Å². The molecule has 1 atom stereocenters. The molecule has 0 aromatic heterocycles. The van der Waals surface area contributed by atoms with E-state index in [4.69, 9.17) is 0 Å². The number of carbonyl (C=O) groups excluding carboxylic acids is 2. The molecule has 0 spiro atoms. The van der Waals surface area contributed by atoms with Gasteiger partial charge in [-0.25, -0.2) is 0 Å². The van der Waals surface area contributed by atoms with E-state index in [1.165, 1.54) is 4.90 Å². The minimum Gasteiger partial charge on any atom is -0.268 e. The molecule has 1 aromatic carbocycles. The molecule has 1 fully saturated rings.